The third-order valence-corrected chi connectivity index (χ3v) is 8.25. The number of rotatable bonds is 20. The van der Waals surface area contributed by atoms with Crippen LogP contribution in [0.25, 0.3) is 0 Å². The highest BCUT2D eigenvalue weighted by Crippen LogP contribution is 2.18. The van der Waals surface area contributed by atoms with Gasteiger partial charge in [-0.05, 0) is 29.9 Å². The van der Waals surface area contributed by atoms with Crippen molar-refractivity contribution in [1.82, 2.24) is 20.4 Å². The lowest BCUT2D eigenvalue weighted by atomic mass is 9.94. The van der Waals surface area contributed by atoms with Crippen LogP contribution < -0.4 is 16.4 Å². The predicted octanol–water partition coefficient (Wildman–Crippen LogP) is 3.48. The standard InChI is InChI=1S/C20H30N2O4.C19H27N3O4.ClH/c1-5-9-14(2)19(25)16(23)12-13-17(24)21-18(20(26)22(3)4)15-10-7-6-8-11-15;1-4-8-14(20)18(25)15(23)11-12-16(24)21-17(19(26)22(2)3)13-9-6-5-7-10-13;/h6-8,10-11,14,18-19,25H,5,9,12-13H2,1-4H3,(H,21,24);5-7,9-10,14,17H,4,8,11-12,20H2,1-3H3,(H,21,24);1H/t14?,18-,19?;14?,17-;/m00./s1. The average Bonchev–Trinajstić information content (AvgIpc) is 3.13. The van der Waals surface area contributed by atoms with Crippen LogP contribution in [0.5, 0.6) is 0 Å². The molecule has 5 N–H and O–H groups in total. The number of aliphatic hydroxyl groups excluding tert-OH is 1. The summed E-state index contributed by atoms with van der Waals surface area (Å²) in [5.41, 5.74) is 6.97. The number of Topliss-reactive ketones (excluding diaryl/α,β-unsaturated/α-hetero) is 3. The summed E-state index contributed by atoms with van der Waals surface area (Å²) in [6.45, 7) is 5.69. The molecule has 0 aliphatic rings. The first-order valence-corrected chi connectivity index (χ1v) is 17.7. The molecule has 0 spiro atoms. The second kappa shape index (κ2) is 25.5. The Labute approximate surface area is 319 Å². The summed E-state index contributed by atoms with van der Waals surface area (Å²) in [6.07, 6.45) is 1.24. The monoisotopic (exact) mass is 759 g/mol. The largest absolute Gasteiger partial charge is 0.385 e. The van der Waals surface area contributed by atoms with Gasteiger partial charge in [-0.3, -0.25) is 33.6 Å². The quantitative estimate of drug-likeness (QED) is 0.146. The second-order valence-corrected chi connectivity index (χ2v) is 13.1. The highest BCUT2D eigenvalue weighted by molar-refractivity contribution is 6.39. The number of aliphatic hydroxyl groups is 1. The van der Waals surface area contributed by atoms with E-state index in [0.29, 0.717) is 24.0 Å². The predicted molar refractivity (Wildman–Crippen MR) is 206 cm³/mol. The zero-order chi connectivity index (χ0) is 39.4. The molecule has 0 saturated heterocycles. The van der Waals surface area contributed by atoms with Crippen molar-refractivity contribution in [3.8, 4) is 0 Å². The number of ketones is 3. The van der Waals surface area contributed by atoms with Crippen LogP contribution in [0.3, 0.4) is 0 Å². The van der Waals surface area contributed by atoms with E-state index in [4.69, 9.17) is 5.73 Å². The van der Waals surface area contributed by atoms with Crippen LogP contribution >= 0.6 is 12.4 Å². The fraction of sp³-hybridized carbons (Fsp3) is 0.513. The van der Waals surface area contributed by atoms with Gasteiger partial charge in [-0.1, -0.05) is 94.3 Å². The molecular formula is C39H58ClN5O8. The van der Waals surface area contributed by atoms with Crippen LogP contribution in [-0.4, -0.2) is 96.2 Å². The van der Waals surface area contributed by atoms with Crippen LogP contribution in [0.4, 0.5) is 0 Å². The van der Waals surface area contributed by atoms with Crippen molar-refractivity contribution in [3.05, 3.63) is 71.8 Å². The number of nitrogens with zero attached hydrogens (tertiary/aromatic N) is 2. The van der Waals surface area contributed by atoms with Crippen LogP contribution in [0.2, 0.25) is 0 Å². The fourth-order valence-electron chi connectivity index (χ4n) is 5.16. The number of likely N-dealkylation sites (N-methyl/N-ethyl adjacent to an activating group) is 2. The Kier molecular flexibility index (Phi) is 23.4. The van der Waals surface area contributed by atoms with E-state index in [-0.39, 0.29) is 61.6 Å². The van der Waals surface area contributed by atoms with E-state index in [1.54, 1.807) is 76.7 Å². The van der Waals surface area contributed by atoms with E-state index in [1.807, 2.05) is 32.9 Å². The van der Waals surface area contributed by atoms with Crippen molar-refractivity contribution in [2.24, 2.45) is 11.7 Å². The van der Waals surface area contributed by atoms with Crippen molar-refractivity contribution in [2.75, 3.05) is 28.2 Å². The lowest BCUT2D eigenvalue weighted by molar-refractivity contribution is -0.138. The van der Waals surface area contributed by atoms with Gasteiger partial charge in [0.25, 0.3) is 0 Å². The minimum atomic E-state index is -1.05. The van der Waals surface area contributed by atoms with Crippen LogP contribution in [-0.2, 0) is 33.6 Å². The van der Waals surface area contributed by atoms with E-state index in [9.17, 15) is 38.7 Å². The summed E-state index contributed by atoms with van der Waals surface area (Å²) in [5.74, 6) is -3.15. The van der Waals surface area contributed by atoms with Crippen molar-refractivity contribution in [2.45, 2.75) is 96.4 Å². The Morgan fingerprint density at radius 2 is 1.06 bits per heavy atom. The summed E-state index contributed by atoms with van der Waals surface area (Å²) < 4.78 is 0. The first-order valence-electron chi connectivity index (χ1n) is 17.7. The zero-order valence-electron chi connectivity index (χ0n) is 32.0. The first kappa shape index (κ1) is 48.5. The van der Waals surface area contributed by atoms with Crippen LogP contribution in [0.15, 0.2) is 60.7 Å². The molecule has 0 aromatic heterocycles. The molecule has 5 atom stereocenters. The highest BCUT2D eigenvalue weighted by Gasteiger charge is 2.27. The average molecular weight is 760 g/mol. The van der Waals surface area contributed by atoms with Gasteiger partial charge in [0.15, 0.2) is 5.78 Å². The zero-order valence-corrected chi connectivity index (χ0v) is 32.8. The van der Waals surface area contributed by atoms with Gasteiger partial charge in [0, 0.05) is 53.9 Å². The number of nitrogens with one attached hydrogen (secondary N) is 2. The van der Waals surface area contributed by atoms with Gasteiger partial charge in [0.1, 0.15) is 18.2 Å². The maximum absolute atomic E-state index is 12.4. The van der Waals surface area contributed by atoms with Gasteiger partial charge < -0.3 is 31.3 Å². The Morgan fingerprint density at radius 3 is 1.43 bits per heavy atom. The normalized spacial score (nSPS) is 13.2. The van der Waals surface area contributed by atoms with E-state index < -0.39 is 47.6 Å². The van der Waals surface area contributed by atoms with E-state index in [2.05, 4.69) is 10.6 Å². The lowest BCUT2D eigenvalue weighted by Crippen LogP contribution is -2.40. The van der Waals surface area contributed by atoms with Gasteiger partial charge in [-0.25, -0.2) is 0 Å². The molecule has 13 nitrogen and oxygen atoms in total. The SMILES string of the molecule is CCCC(C)C(O)C(=O)CCC(=O)N[C@H](C(=O)N(C)C)c1ccccc1.CCCC(N)C(=O)C(=O)CCC(=O)N[C@H](C(=O)N(C)C)c1ccccc1.Cl. The molecule has 0 fully saturated rings. The Balaban J connectivity index is 0.00000100. The van der Waals surface area contributed by atoms with Gasteiger partial charge >= 0.3 is 0 Å². The Morgan fingerprint density at radius 1 is 0.660 bits per heavy atom. The van der Waals surface area contributed by atoms with Crippen LogP contribution in [0.1, 0.15) is 95.3 Å². The molecule has 3 unspecified atom stereocenters. The number of halogens is 1. The van der Waals surface area contributed by atoms with E-state index in [1.165, 1.54) is 9.80 Å². The van der Waals surface area contributed by atoms with E-state index in [0.717, 1.165) is 12.8 Å². The van der Waals surface area contributed by atoms with Crippen molar-refractivity contribution >= 4 is 53.4 Å². The molecule has 0 radical (unpaired) electrons. The Bertz CT molecular complexity index is 1470. The molecule has 53 heavy (non-hydrogen) atoms. The number of hydrogen-bond acceptors (Lipinski definition) is 9. The third kappa shape index (κ3) is 17.3. The number of amides is 4. The summed E-state index contributed by atoms with van der Waals surface area (Å²) >= 11 is 0. The lowest BCUT2D eigenvalue weighted by Gasteiger charge is -2.22. The first-order chi connectivity index (χ1) is 24.5. The van der Waals surface area contributed by atoms with E-state index >= 15 is 0 Å². The van der Waals surface area contributed by atoms with Crippen molar-refractivity contribution < 1.29 is 38.7 Å². The molecule has 294 valence electrons. The number of hydrogen-bond donors (Lipinski definition) is 4. The third-order valence-electron chi connectivity index (χ3n) is 8.25. The smallest absolute Gasteiger partial charge is 0.249 e. The van der Waals surface area contributed by atoms with Crippen LogP contribution in [0, 0.1) is 5.92 Å². The summed E-state index contributed by atoms with van der Waals surface area (Å²) in [6, 6.07) is 15.4. The molecule has 2 rings (SSSR count). The van der Waals surface area contributed by atoms with Gasteiger partial charge in [0.05, 0.1) is 6.04 Å². The molecule has 0 aliphatic heterocycles. The summed E-state index contributed by atoms with van der Waals surface area (Å²) in [5, 5.41) is 15.3. The van der Waals surface area contributed by atoms with Crippen molar-refractivity contribution in [3.63, 3.8) is 0 Å². The molecule has 4 amide bonds. The minimum absolute atomic E-state index is 0. The number of benzene rings is 2. The minimum Gasteiger partial charge on any atom is -0.385 e. The maximum atomic E-state index is 12.4. The molecule has 2 aromatic carbocycles. The fourth-order valence-corrected chi connectivity index (χ4v) is 5.16. The number of nitrogens with two attached hydrogens (primary N) is 1. The van der Waals surface area contributed by atoms with Gasteiger partial charge in [0.2, 0.25) is 35.2 Å². The number of carbonyl (C=O) groups excluding carboxylic acids is 7. The molecule has 14 heteroatoms. The molecule has 0 heterocycles. The maximum Gasteiger partial charge on any atom is 0.249 e. The highest BCUT2D eigenvalue weighted by atomic mass is 35.5. The summed E-state index contributed by atoms with van der Waals surface area (Å²) in [7, 11) is 6.45. The molecule has 0 aliphatic carbocycles. The Hall–Kier alpha value is -4.46. The molecule has 0 saturated carbocycles. The van der Waals surface area contributed by atoms with Gasteiger partial charge in [-0.15, -0.1) is 12.4 Å². The van der Waals surface area contributed by atoms with Crippen molar-refractivity contribution in [1.29, 1.82) is 0 Å². The molecule has 0 bridgehead atoms. The molecule has 2 aromatic rings. The van der Waals surface area contributed by atoms with Gasteiger partial charge in [-0.2, -0.15) is 0 Å². The molecular weight excluding hydrogens is 702 g/mol. The number of carbonyl (C=O) groups is 7. The topological polar surface area (TPSA) is 196 Å². The summed E-state index contributed by atoms with van der Waals surface area (Å²) in [4.78, 5) is 87.8. The second-order valence-electron chi connectivity index (χ2n) is 13.1.